The van der Waals surface area contributed by atoms with Crippen molar-refractivity contribution in [2.24, 2.45) is 4.99 Å². The van der Waals surface area contributed by atoms with Crippen LogP contribution in [0.25, 0.3) is 11.0 Å². The molecule has 0 saturated carbocycles. The van der Waals surface area contributed by atoms with Gasteiger partial charge >= 0.3 is 6.03 Å². The zero-order valence-corrected chi connectivity index (χ0v) is 16.9. The van der Waals surface area contributed by atoms with Gasteiger partial charge < -0.3 is 25.1 Å². The molecule has 1 saturated heterocycles. The summed E-state index contributed by atoms with van der Waals surface area (Å²) in [5.41, 5.74) is 0.721. The Kier molecular flexibility index (Phi) is 6.58. The predicted molar refractivity (Wildman–Crippen MR) is 110 cm³/mol. The van der Waals surface area contributed by atoms with E-state index in [-0.39, 0.29) is 31.1 Å². The molecule has 1 fully saturated rings. The van der Waals surface area contributed by atoms with Gasteiger partial charge in [0.25, 0.3) is 0 Å². The van der Waals surface area contributed by atoms with E-state index in [1.807, 2.05) is 45.0 Å². The molecule has 29 heavy (non-hydrogen) atoms. The number of hydrogen-bond donors (Lipinski definition) is 3. The van der Waals surface area contributed by atoms with Crippen molar-refractivity contribution in [2.45, 2.75) is 26.8 Å². The number of nitrogens with zero attached hydrogens (tertiary/aromatic N) is 2. The van der Waals surface area contributed by atoms with Gasteiger partial charge in [0.05, 0.1) is 32.3 Å². The summed E-state index contributed by atoms with van der Waals surface area (Å²) in [7, 11) is 0. The van der Waals surface area contributed by atoms with Crippen molar-refractivity contribution >= 4 is 28.9 Å². The minimum absolute atomic E-state index is 0.0493. The molecule has 3 amide bonds. The van der Waals surface area contributed by atoms with Crippen LogP contribution >= 0.6 is 0 Å². The Bertz CT molecular complexity index is 891. The van der Waals surface area contributed by atoms with E-state index >= 15 is 0 Å². The molecule has 9 heteroatoms. The molecule has 2 aromatic rings. The number of carbonyl (C=O) groups excluding carboxylic acids is 2. The van der Waals surface area contributed by atoms with Gasteiger partial charge in [0.15, 0.2) is 17.3 Å². The van der Waals surface area contributed by atoms with Crippen molar-refractivity contribution in [1.29, 1.82) is 0 Å². The first-order chi connectivity index (χ1) is 14.0. The normalized spacial score (nSPS) is 15.6. The fraction of sp³-hybridized carbons (Fsp3) is 0.450. The van der Waals surface area contributed by atoms with E-state index in [2.05, 4.69) is 20.9 Å². The van der Waals surface area contributed by atoms with Crippen LogP contribution in [0, 0.1) is 0 Å². The van der Waals surface area contributed by atoms with Crippen molar-refractivity contribution in [3.05, 3.63) is 30.0 Å². The highest BCUT2D eigenvalue weighted by atomic mass is 16.5. The maximum Gasteiger partial charge on any atom is 0.324 e. The summed E-state index contributed by atoms with van der Waals surface area (Å²) in [6.07, 6.45) is 0. The Balaban J connectivity index is 1.68. The Morgan fingerprint density at radius 2 is 2.21 bits per heavy atom. The van der Waals surface area contributed by atoms with Gasteiger partial charge in [-0.15, -0.1) is 0 Å². The second kappa shape index (κ2) is 9.31. The Morgan fingerprint density at radius 1 is 1.38 bits per heavy atom. The molecule has 3 rings (SSSR count). The Labute approximate surface area is 169 Å². The van der Waals surface area contributed by atoms with E-state index in [1.165, 1.54) is 4.90 Å². The topological polar surface area (TPSA) is 108 Å². The van der Waals surface area contributed by atoms with Gasteiger partial charge in [-0.25, -0.2) is 4.79 Å². The summed E-state index contributed by atoms with van der Waals surface area (Å²) in [6.45, 7) is 7.71. The summed E-state index contributed by atoms with van der Waals surface area (Å²) in [5, 5.41) is 9.93. The lowest BCUT2D eigenvalue weighted by Crippen LogP contribution is -2.39. The third kappa shape index (κ3) is 4.79. The summed E-state index contributed by atoms with van der Waals surface area (Å²) in [4.78, 5) is 28.9. The van der Waals surface area contributed by atoms with Crippen LogP contribution in [0.3, 0.4) is 0 Å². The molecule has 9 nitrogen and oxygen atoms in total. The first-order valence-corrected chi connectivity index (χ1v) is 9.81. The molecule has 1 aliphatic heterocycles. The molecule has 0 radical (unpaired) electrons. The fourth-order valence-corrected chi connectivity index (χ4v) is 3.08. The number of guanidine groups is 1. The number of nitrogens with one attached hydrogen (secondary N) is 3. The number of imide groups is 1. The number of amides is 3. The Hall–Kier alpha value is -3.23. The number of benzene rings is 1. The SMILES string of the molecule is CCNC(=NCCN1C(=O)CNC1=O)NC(C)c1cc2cccc(OCC)c2o1. The van der Waals surface area contributed by atoms with Crippen molar-refractivity contribution in [3.8, 4) is 5.75 Å². The molecular weight excluding hydrogens is 374 g/mol. The number of hydrogen-bond acceptors (Lipinski definition) is 5. The van der Waals surface area contributed by atoms with E-state index in [9.17, 15) is 9.59 Å². The van der Waals surface area contributed by atoms with Gasteiger partial charge in [0, 0.05) is 11.9 Å². The molecule has 0 spiro atoms. The van der Waals surface area contributed by atoms with E-state index in [0.29, 0.717) is 25.7 Å². The molecule has 0 aliphatic carbocycles. The maximum absolute atomic E-state index is 11.6. The first-order valence-electron chi connectivity index (χ1n) is 9.81. The Morgan fingerprint density at radius 3 is 2.90 bits per heavy atom. The van der Waals surface area contributed by atoms with E-state index < -0.39 is 0 Å². The number of urea groups is 1. The van der Waals surface area contributed by atoms with Gasteiger partial charge in [-0.1, -0.05) is 12.1 Å². The molecule has 1 unspecified atom stereocenters. The molecule has 2 heterocycles. The third-order valence-corrected chi connectivity index (χ3v) is 4.48. The average Bonchev–Trinajstić information content (AvgIpc) is 3.27. The molecule has 156 valence electrons. The predicted octanol–water partition coefficient (Wildman–Crippen LogP) is 2.00. The molecular formula is C20H27N5O4. The molecule has 1 aliphatic rings. The molecule has 1 aromatic carbocycles. The quantitative estimate of drug-likeness (QED) is 0.355. The second-order valence-electron chi connectivity index (χ2n) is 6.59. The molecule has 1 atom stereocenters. The summed E-state index contributed by atoms with van der Waals surface area (Å²) >= 11 is 0. The standard InChI is InChI=1S/C20H27N5O4/c1-4-21-19(22-9-10-25-17(26)12-23-20(25)27)24-13(3)16-11-14-7-6-8-15(28-5-2)18(14)29-16/h6-8,11,13H,4-5,9-10,12H2,1-3H3,(H,23,27)(H2,21,22,24). The third-order valence-electron chi connectivity index (χ3n) is 4.48. The summed E-state index contributed by atoms with van der Waals surface area (Å²) in [6, 6.07) is 7.27. The minimum Gasteiger partial charge on any atom is -0.490 e. The van der Waals surface area contributed by atoms with Crippen LogP contribution in [0.2, 0.25) is 0 Å². The number of fused-ring (bicyclic) bond motifs is 1. The summed E-state index contributed by atoms with van der Waals surface area (Å²) in [5.74, 6) is 1.82. The van der Waals surface area contributed by atoms with Gasteiger partial charge in [0.2, 0.25) is 5.91 Å². The monoisotopic (exact) mass is 401 g/mol. The van der Waals surface area contributed by atoms with Crippen LogP contribution in [-0.4, -0.2) is 55.6 Å². The number of ether oxygens (including phenoxy) is 1. The number of furan rings is 1. The van der Waals surface area contributed by atoms with Gasteiger partial charge in [0.1, 0.15) is 5.76 Å². The highest BCUT2D eigenvalue weighted by Crippen LogP contribution is 2.31. The van der Waals surface area contributed by atoms with Crippen LogP contribution in [0.4, 0.5) is 4.79 Å². The highest BCUT2D eigenvalue weighted by molar-refractivity contribution is 6.01. The first kappa shape index (κ1) is 20.5. The van der Waals surface area contributed by atoms with Crippen LogP contribution in [0.15, 0.2) is 33.7 Å². The van der Waals surface area contributed by atoms with Crippen molar-refractivity contribution in [3.63, 3.8) is 0 Å². The zero-order valence-electron chi connectivity index (χ0n) is 16.9. The van der Waals surface area contributed by atoms with Crippen LogP contribution < -0.4 is 20.7 Å². The minimum atomic E-state index is -0.371. The van der Waals surface area contributed by atoms with Gasteiger partial charge in [-0.2, -0.15) is 0 Å². The van der Waals surface area contributed by atoms with E-state index in [0.717, 1.165) is 22.5 Å². The summed E-state index contributed by atoms with van der Waals surface area (Å²) < 4.78 is 11.7. The average molecular weight is 401 g/mol. The second-order valence-corrected chi connectivity index (χ2v) is 6.59. The van der Waals surface area contributed by atoms with Crippen LogP contribution in [0.5, 0.6) is 5.75 Å². The zero-order chi connectivity index (χ0) is 20.8. The fourth-order valence-electron chi connectivity index (χ4n) is 3.08. The number of para-hydroxylation sites is 1. The van der Waals surface area contributed by atoms with Gasteiger partial charge in [-0.3, -0.25) is 14.7 Å². The lowest BCUT2D eigenvalue weighted by atomic mass is 10.2. The van der Waals surface area contributed by atoms with Crippen molar-refractivity contribution in [1.82, 2.24) is 20.9 Å². The smallest absolute Gasteiger partial charge is 0.324 e. The van der Waals surface area contributed by atoms with E-state index in [4.69, 9.17) is 9.15 Å². The number of carbonyl (C=O) groups is 2. The highest BCUT2D eigenvalue weighted by Gasteiger charge is 2.27. The number of rotatable bonds is 8. The lowest BCUT2D eigenvalue weighted by Gasteiger charge is -2.17. The van der Waals surface area contributed by atoms with Crippen molar-refractivity contribution in [2.75, 3.05) is 32.8 Å². The molecule has 0 bridgehead atoms. The molecule has 3 N–H and O–H groups in total. The van der Waals surface area contributed by atoms with E-state index in [1.54, 1.807) is 0 Å². The van der Waals surface area contributed by atoms with Crippen LogP contribution in [-0.2, 0) is 4.79 Å². The largest absolute Gasteiger partial charge is 0.490 e. The maximum atomic E-state index is 11.6. The number of aliphatic imine (C=N–C) groups is 1. The van der Waals surface area contributed by atoms with Crippen molar-refractivity contribution < 1.29 is 18.7 Å². The molecule has 1 aromatic heterocycles. The van der Waals surface area contributed by atoms with Gasteiger partial charge in [-0.05, 0) is 32.9 Å². The lowest BCUT2D eigenvalue weighted by molar-refractivity contribution is -0.124. The van der Waals surface area contributed by atoms with Crippen LogP contribution in [0.1, 0.15) is 32.6 Å².